The summed E-state index contributed by atoms with van der Waals surface area (Å²) >= 11 is 0. The van der Waals surface area contributed by atoms with Crippen molar-refractivity contribution in [2.45, 2.75) is 25.6 Å². The Morgan fingerprint density at radius 1 is 1.28 bits per heavy atom. The van der Waals surface area contributed by atoms with Gasteiger partial charge in [-0.05, 0) is 6.42 Å². The lowest BCUT2D eigenvalue weighted by Crippen LogP contribution is -2.35. The lowest BCUT2D eigenvalue weighted by Gasteiger charge is -2.15. The van der Waals surface area contributed by atoms with Gasteiger partial charge >= 0.3 is 6.18 Å². The third-order valence-electron chi connectivity index (χ3n) is 2.08. The van der Waals surface area contributed by atoms with E-state index < -0.39 is 18.8 Å². The molecule has 0 aliphatic carbocycles. The Kier molecular flexibility index (Phi) is 5.14. The van der Waals surface area contributed by atoms with Crippen molar-refractivity contribution >= 4 is 11.6 Å². The maximum absolute atomic E-state index is 12.1. The number of hydrogen-bond acceptors (Lipinski definition) is 5. The Hall–Kier alpha value is -1.57. The first-order valence-electron chi connectivity index (χ1n) is 5.48. The maximum Gasteiger partial charge on any atom is 0.416 e. The molecule has 102 valence electrons. The fourth-order valence-corrected chi connectivity index (χ4v) is 1.12. The molecule has 18 heavy (non-hydrogen) atoms. The molecule has 1 aromatic heterocycles. The minimum Gasteiger partial charge on any atom is -0.382 e. The van der Waals surface area contributed by atoms with Crippen LogP contribution in [0.5, 0.6) is 0 Å². The van der Waals surface area contributed by atoms with E-state index in [-0.39, 0.29) is 5.82 Å². The van der Waals surface area contributed by atoms with Gasteiger partial charge in [0, 0.05) is 12.6 Å². The molecule has 8 heteroatoms. The molecule has 0 radical (unpaired) electrons. The summed E-state index contributed by atoms with van der Waals surface area (Å²) in [7, 11) is 0. The van der Waals surface area contributed by atoms with Crippen molar-refractivity contribution in [2.24, 2.45) is 0 Å². The molecule has 0 amide bonds. The van der Waals surface area contributed by atoms with E-state index in [0.29, 0.717) is 12.4 Å². The molecule has 1 aromatic rings. The lowest BCUT2D eigenvalue weighted by atomic mass is 10.3. The predicted molar refractivity (Wildman–Crippen MR) is 61.4 cm³/mol. The van der Waals surface area contributed by atoms with Gasteiger partial charge in [0.2, 0.25) is 0 Å². The van der Waals surface area contributed by atoms with Crippen LogP contribution in [-0.2, 0) is 0 Å². The molecule has 1 atom stereocenters. The molecule has 0 saturated heterocycles. The zero-order chi connectivity index (χ0) is 13.6. The van der Waals surface area contributed by atoms with Gasteiger partial charge < -0.3 is 15.7 Å². The lowest BCUT2D eigenvalue weighted by molar-refractivity contribution is -0.198. The number of nitrogens with one attached hydrogen (secondary N) is 2. The number of hydrogen-bond donors (Lipinski definition) is 3. The van der Waals surface area contributed by atoms with Crippen LogP contribution in [0.1, 0.15) is 13.3 Å². The van der Waals surface area contributed by atoms with Crippen LogP contribution in [0.15, 0.2) is 12.4 Å². The number of aliphatic hydroxyl groups is 1. The molecule has 5 nitrogen and oxygen atoms in total. The number of nitrogens with zero attached hydrogens (tertiary/aromatic N) is 2. The average Bonchev–Trinajstić information content (AvgIpc) is 2.32. The van der Waals surface area contributed by atoms with E-state index in [1.165, 1.54) is 12.4 Å². The summed E-state index contributed by atoms with van der Waals surface area (Å²) in [6, 6.07) is 1.48. The zero-order valence-electron chi connectivity index (χ0n) is 9.83. The predicted octanol–water partition coefficient (Wildman–Crippen LogP) is 1.63. The van der Waals surface area contributed by atoms with Crippen LogP contribution in [-0.4, -0.2) is 40.4 Å². The highest BCUT2D eigenvalue weighted by Crippen LogP contribution is 2.20. The quantitative estimate of drug-likeness (QED) is 0.728. The second-order valence-electron chi connectivity index (χ2n) is 3.65. The smallest absolute Gasteiger partial charge is 0.382 e. The zero-order valence-corrected chi connectivity index (χ0v) is 9.83. The largest absolute Gasteiger partial charge is 0.416 e. The molecule has 0 aromatic carbocycles. The topological polar surface area (TPSA) is 70.1 Å². The van der Waals surface area contributed by atoms with Crippen LogP contribution in [0, 0.1) is 0 Å². The van der Waals surface area contributed by atoms with Gasteiger partial charge in [0.1, 0.15) is 18.0 Å². The number of halogens is 3. The Balaban J connectivity index is 2.52. The molecule has 0 aliphatic rings. The average molecular weight is 264 g/mol. The van der Waals surface area contributed by atoms with Gasteiger partial charge in [0.05, 0.1) is 6.54 Å². The molecule has 3 N–H and O–H groups in total. The first-order chi connectivity index (χ1) is 8.43. The molecular formula is C10H15F3N4O. The van der Waals surface area contributed by atoms with Gasteiger partial charge in [-0.3, -0.25) is 0 Å². The van der Waals surface area contributed by atoms with E-state index in [0.717, 1.165) is 6.42 Å². The van der Waals surface area contributed by atoms with Crippen molar-refractivity contribution in [3.8, 4) is 0 Å². The summed E-state index contributed by atoms with van der Waals surface area (Å²) < 4.78 is 36.2. The third kappa shape index (κ3) is 4.74. The maximum atomic E-state index is 12.1. The molecule has 1 unspecified atom stereocenters. The van der Waals surface area contributed by atoms with Crippen molar-refractivity contribution in [2.75, 3.05) is 23.7 Å². The van der Waals surface area contributed by atoms with Crippen molar-refractivity contribution in [3.63, 3.8) is 0 Å². The Morgan fingerprint density at radius 3 is 2.44 bits per heavy atom. The summed E-state index contributed by atoms with van der Waals surface area (Å²) in [6.45, 7) is 2.04. The van der Waals surface area contributed by atoms with E-state index in [4.69, 9.17) is 5.11 Å². The molecule has 0 saturated carbocycles. The summed E-state index contributed by atoms with van der Waals surface area (Å²) in [4.78, 5) is 7.67. The van der Waals surface area contributed by atoms with Crippen LogP contribution in [0.25, 0.3) is 0 Å². The van der Waals surface area contributed by atoms with E-state index >= 15 is 0 Å². The van der Waals surface area contributed by atoms with Crippen molar-refractivity contribution in [1.29, 1.82) is 0 Å². The van der Waals surface area contributed by atoms with Gasteiger partial charge in [0.15, 0.2) is 6.10 Å². The fourth-order valence-electron chi connectivity index (χ4n) is 1.12. The molecule has 0 aliphatic heterocycles. The van der Waals surface area contributed by atoms with Gasteiger partial charge in [-0.2, -0.15) is 13.2 Å². The fraction of sp³-hybridized carbons (Fsp3) is 0.600. The highest BCUT2D eigenvalue weighted by Gasteiger charge is 2.37. The number of rotatable bonds is 6. The second-order valence-corrected chi connectivity index (χ2v) is 3.65. The molecule has 0 fully saturated rings. The Morgan fingerprint density at radius 2 is 1.89 bits per heavy atom. The normalized spacial score (nSPS) is 13.2. The first kappa shape index (κ1) is 14.5. The summed E-state index contributed by atoms with van der Waals surface area (Å²) in [5.41, 5.74) is 0. The highest BCUT2D eigenvalue weighted by molar-refractivity contribution is 5.46. The SMILES string of the molecule is CCCNc1cc(NCC(O)C(F)(F)F)ncn1. The number of aromatic nitrogens is 2. The van der Waals surface area contributed by atoms with E-state index in [9.17, 15) is 13.2 Å². The van der Waals surface area contributed by atoms with Crippen LogP contribution in [0.2, 0.25) is 0 Å². The molecule has 0 spiro atoms. The van der Waals surface area contributed by atoms with Crippen LogP contribution >= 0.6 is 0 Å². The van der Waals surface area contributed by atoms with Gasteiger partial charge in [-0.1, -0.05) is 6.92 Å². The van der Waals surface area contributed by atoms with E-state index in [2.05, 4.69) is 20.6 Å². The molecule has 0 bridgehead atoms. The minimum absolute atomic E-state index is 0.229. The Labute approximate surface area is 102 Å². The van der Waals surface area contributed by atoms with Crippen LogP contribution in [0.3, 0.4) is 0 Å². The second kappa shape index (κ2) is 6.39. The first-order valence-corrected chi connectivity index (χ1v) is 5.48. The standard InChI is InChI=1S/C10H15F3N4O/c1-2-3-14-8-4-9(17-6-16-8)15-5-7(18)10(11,12)13/h4,6-7,18H,2-3,5H2,1H3,(H2,14,15,16,17). The van der Waals surface area contributed by atoms with E-state index in [1.807, 2.05) is 6.92 Å². The third-order valence-corrected chi connectivity index (χ3v) is 2.08. The molecule has 1 heterocycles. The number of alkyl halides is 3. The van der Waals surface area contributed by atoms with Crippen molar-refractivity contribution in [1.82, 2.24) is 9.97 Å². The van der Waals surface area contributed by atoms with Gasteiger partial charge in [-0.15, -0.1) is 0 Å². The summed E-state index contributed by atoms with van der Waals surface area (Å²) in [5, 5.41) is 14.2. The van der Waals surface area contributed by atoms with Crippen LogP contribution < -0.4 is 10.6 Å². The van der Waals surface area contributed by atoms with Crippen LogP contribution in [0.4, 0.5) is 24.8 Å². The molecule has 1 rings (SSSR count). The van der Waals surface area contributed by atoms with E-state index in [1.54, 1.807) is 0 Å². The van der Waals surface area contributed by atoms with Gasteiger partial charge in [-0.25, -0.2) is 9.97 Å². The van der Waals surface area contributed by atoms with Crippen molar-refractivity contribution in [3.05, 3.63) is 12.4 Å². The summed E-state index contributed by atoms with van der Waals surface area (Å²) in [5.74, 6) is 0.753. The number of aliphatic hydroxyl groups excluding tert-OH is 1. The van der Waals surface area contributed by atoms with Gasteiger partial charge in [0.25, 0.3) is 0 Å². The highest BCUT2D eigenvalue weighted by atomic mass is 19.4. The summed E-state index contributed by atoms with van der Waals surface area (Å²) in [6.07, 6.45) is -4.91. The molecular weight excluding hydrogens is 249 g/mol. The Bertz CT molecular complexity index is 372. The monoisotopic (exact) mass is 264 g/mol. The number of anilines is 2. The minimum atomic E-state index is -4.64. The van der Waals surface area contributed by atoms with Crippen molar-refractivity contribution < 1.29 is 18.3 Å².